The van der Waals surface area contributed by atoms with E-state index >= 15 is 0 Å². The van der Waals surface area contributed by atoms with Gasteiger partial charge in [0.05, 0.1) is 29.5 Å². The van der Waals surface area contributed by atoms with Crippen molar-refractivity contribution in [2.24, 2.45) is 7.05 Å². The Morgan fingerprint density at radius 3 is 2.20 bits per heavy atom. The Morgan fingerprint density at radius 2 is 1.70 bits per heavy atom. The lowest BCUT2D eigenvalue weighted by Crippen LogP contribution is -2.48. The SMILES string of the molecule is CCOC(=O)N1c2c(c(C)nn2C)C(N(Cc2cc(C(F)(F)F)cc(C(F)(F)F)c2)c2nnc(C)o2)CC1CC. The minimum Gasteiger partial charge on any atom is -0.449 e. The lowest BCUT2D eigenvalue weighted by molar-refractivity contribution is -0.143. The molecule has 0 saturated carbocycles. The molecule has 4 rings (SSSR count). The average molecular weight is 575 g/mol. The number of nitrogens with zero attached hydrogens (tertiary/aromatic N) is 6. The van der Waals surface area contributed by atoms with Crippen molar-refractivity contribution in [3.8, 4) is 0 Å². The van der Waals surface area contributed by atoms with Crippen molar-refractivity contribution in [3.05, 3.63) is 52.0 Å². The summed E-state index contributed by atoms with van der Waals surface area (Å²) in [7, 11) is 1.64. The van der Waals surface area contributed by atoms with E-state index < -0.39 is 48.2 Å². The first kappa shape index (κ1) is 29.2. The molecule has 2 aromatic heterocycles. The van der Waals surface area contributed by atoms with Crippen LogP contribution in [0.3, 0.4) is 0 Å². The number of aryl methyl sites for hydroxylation is 3. The Balaban J connectivity index is 1.89. The lowest BCUT2D eigenvalue weighted by atomic mass is 9.90. The molecule has 15 heteroatoms. The number of anilines is 2. The highest BCUT2D eigenvalue weighted by Gasteiger charge is 2.44. The number of hydrogen-bond acceptors (Lipinski definition) is 7. The van der Waals surface area contributed by atoms with E-state index in [1.807, 2.05) is 6.92 Å². The van der Waals surface area contributed by atoms with Gasteiger partial charge in [0.2, 0.25) is 5.89 Å². The number of amides is 1. The zero-order chi connectivity index (χ0) is 29.6. The first-order valence-corrected chi connectivity index (χ1v) is 12.5. The molecule has 0 fully saturated rings. The number of benzene rings is 1. The second-order valence-electron chi connectivity index (χ2n) is 9.47. The molecule has 0 spiro atoms. The largest absolute Gasteiger partial charge is 0.449 e. The van der Waals surface area contributed by atoms with Crippen molar-refractivity contribution in [2.45, 2.75) is 71.5 Å². The molecule has 0 bridgehead atoms. The van der Waals surface area contributed by atoms with Crippen molar-refractivity contribution in [2.75, 3.05) is 16.4 Å². The zero-order valence-electron chi connectivity index (χ0n) is 22.4. The van der Waals surface area contributed by atoms with E-state index in [9.17, 15) is 31.1 Å². The van der Waals surface area contributed by atoms with Crippen LogP contribution >= 0.6 is 0 Å². The fraction of sp³-hybridized carbons (Fsp3) is 0.520. The van der Waals surface area contributed by atoms with E-state index in [2.05, 4.69) is 15.3 Å². The summed E-state index contributed by atoms with van der Waals surface area (Å²) in [5.74, 6) is 0.555. The number of halogens is 6. The van der Waals surface area contributed by atoms with Gasteiger partial charge >= 0.3 is 24.5 Å². The van der Waals surface area contributed by atoms with Gasteiger partial charge in [0.15, 0.2) is 0 Å². The van der Waals surface area contributed by atoms with Crippen LogP contribution in [0, 0.1) is 13.8 Å². The van der Waals surface area contributed by atoms with Gasteiger partial charge in [-0.05, 0) is 50.5 Å². The normalized spacial score (nSPS) is 17.6. The molecule has 2 atom stereocenters. The van der Waals surface area contributed by atoms with E-state index in [4.69, 9.17) is 9.15 Å². The van der Waals surface area contributed by atoms with Gasteiger partial charge in [-0.2, -0.15) is 31.4 Å². The topological polar surface area (TPSA) is 89.5 Å². The van der Waals surface area contributed by atoms with Gasteiger partial charge in [-0.3, -0.25) is 9.58 Å². The molecule has 40 heavy (non-hydrogen) atoms. The van der Waals surface area contributed by atoms with Gasteiger partial charge < -0.3 is 14.1 Å². The van der Waals surface area contributed by atoms with Crippen molar-refractivity contribution in [1.82, 2.24) is 20.0 Å². The monoisotopic (exact) mass is 574 g/mol. The number of alkyl halides is 6. The summed E-state index contributed by atoms with van der Waals surface area (Å²) in [4.78, 5) is 15.9. The Hall–Kier alpha value is -3.78. The summed E-state index contributed by atoms with van der Waals surface area (Å²) in [5, 5.41) is 12.3. The molecule has 2 unspecified atom stereocenters. The summed E-state index contributed by atoms with van der Waals surface area (Å²) in [6.45, 7) is 6.44. The number of ether oxygens (including phenoxy) is 1. The lowest BCUT2D eigenvalue weighted by Gasteiger charge is -2.42. The minimum atomic E-state index is -5.01. The highest BCUT2D eigenvalue weighted by atomic mass is 19.4. The van der Waals surface area contributed by atoms with Crippen molar-refractivity contribution < 1.29 is 40.3 Å². The molecule has 218 valence electrons. The van der Waals surface area contributed by atoms with E-state index in [0.29, 0.717) is 35.6 Å². The zero-order valence-corrected chi connectivity index (χ0v) is 22.4. The Labute approximate surface area is 225 Å². The molecule has 1 aliphatic heterocycles. The predicted octanol–water partition coefficient (Wildman–Crippen LogP) is 6.35. The highest BCUT2D eigenvalue weighted by molar-refractivity contribution is 5.89. The van der Waals surface area contributed by atoms with Crippen LogP contribution in [0.25, 0.3) is 0 Å². The average Bonchev–Trinajstić information content (AvgIpc) is 3.42. The van der Waals surface area contributed by atoms with Gasteiger partial charge in [0.1, 0.15) is 5.82 Å². The standard InChI is InChI=1S/C25H28F6N6O3/c1-6-18-11-19(20-13(3)34-35(5)21(20)37(18)23(38)39-7-2)36(22-33-32-14(4)40-22)12-15-8-16(24(26,27)28)10-17(9-15)25(29,30)31/h8-10,18-19H,6-7,11-12H2,1-5H3. The predicted molar refractivity (Wildman–Crippen MR) is 131 cm³/mol. The van der Waals surface area contributed by atoms with Crippen LogP contribution in [-0.2, 0) is 30.7 Å². The summed E-state index contributed by atoms with van der Waals surface area (Å²) in [6, 6.07) is 0.204. The molecule has 3 heterocycles. The molecule has 0 saturated heterocycles. The third-order valence-electron chi connectivity index (χ3n) is 6.73. The van der Waals surface area contributed by atoms with Gasteiger partial charge in [-0.1, -0.05) is 12.0 Å². The van der Waals surface area contributed by atoms with Crippen molar-refractivity contribution >= 4 is 17.9 Å². The Morgan fingerprint density at radius 1 is 1.07 bits per heavy atom. The maximum absolute atomic E-state index is 13.6. The first-order valence-electron chi connectivity index (χ1n) is 12.5. The summed E-state index contributed by atoms with van der Waals surface area (Å²) in [6.07, 6.45) is -9.90. The molecule has 1 amide bonds. The molecule has 1 aromatic carbocycles. The van der Waals surface area contributed by atoms with Gasteiger partial charge in [0.25, 0.3) is 0 Å². The number of rotatable bonds is 6. The maximum atomic E-state index is 13.6. The smallest absolute Gasteiger partial charge is 0.416 e. The van der Waals surface area contributed by atoms with Gasteiger partial charge in [-0.25, -0.2) is 4.79 Å². The van der Waals surface area contributed by atoms with Crippen LogP contribution in [0.5, 0.6) is 0 Å². The summed E-state index contributed by atoms with van der Waals surface area (Å²) < 4.78 is 94.0. The quantitative estimate of drug-likeness (QED) is 0.317. The molecule has 9 nitrogen and oxygen atoms in total. The molecular weight excluding hydrogens is 546 g/mol. The van der Waals surface area contributed by atoms with Gasteiger partial charge in [-0.15, -0.1) is 5.10 Å². The van der Waals surface area contributed by atoms with E-state index in [1.165, 1.54) is 21.4 Å². The fourth-order valence-corrected chi connectivity index (χ4v) is 5.07. The first-order chi connectivity index (χ1) is 18.6. The van der Waals surface area contributed by atoms with Crippen LogP contribution < -0.4 is 9.80 Å². The molecule has 3 aromatic rings. The molecular formula is C25H28F6N6O3. The number of carbonyl (C=O) groups excluding carboxylic acids is 1. The minimum absolute atomic E-state index is 0.0823. The molecule has 0 N–H and O–H groups in total. The van der Waals surface area contributed by atoms with Crippen molar-refractivity contribution in [1.29, 1.82) is 0 Å². The Kier molecular flexibility index (Phi) is 7.78. The van der Waals surface area contributed by atoms with Crippen LogP contribution in [0.4, 0.5) is 43.0 Å². The van der Waals surface area contributed by atoms with Crippen LogP contribution in [0.1, 0.15) is 66.6 Å². The highest BCUT2D eigenvalue weighted by Crippen LogP contribution is 2.45. The third-order valence-corrected chi connectivity index (χ3v) is 6.73. The fourth-order valence-electron chi connectivity index (χ4n) is 5.07. The molecule has 1 aliphatic rings. The molecule has 0 aliphatic carbocycles. The van der Waals surface area contributed by atoms with Crippen LogP contribution in [-0.4, -0.2) is 38.7 Å². The second kappa shape index (κ2) is 10.7. The van der Waals surface area contributed by atoms with E-state index in [1.54, 1.807) is 20.9 Å². The maximum Gasteiger partial charge on any atom is 0.416 e. The number of hydrogen-bond donors (Lipinski definition) is 0. The third kappa shape index (κ3) is 5.59. The summed E-state index contributed by atoms with van der Waals surface area (Å²) in [5.41, 5.74) is -2.07. The van der Waals surface area contributed by atoms with E-state index in [0.717, 1.165) is 0 Å². The van der Waals surface area contributed by atoms with E-state index in [-0.39, 0.29) is 36.6 Å². The summed E-state index contributed by atoms with van der Waals surface area (Å²) >= 11 is 0. The number of aromatic nitrogens is 4. The number of carbonyl (C=O) groups is 1. The van der Waals surface area contributed by atoms with Crippen LogP contribution in [0.15, 0.2) is 22.6 Å². The van der Waals surface area contributed by atoms with Crippen molar-refractivity contribution in [3.63, 3.8) is 0 Å². The molecule has 0 radical (unpaired) electrons. The van der Waals surface area contributed by atoms with Crippen LogP contribution in [0.2, 0.25) is 0 Å². The second-order valence-corrected chi connectivity index (χ2v) is 9.47. The number of fused-ring (bicyclic) bond motifs is 1. The Bertz CT molecular complexity index is 1350. The van der Waals surface area contributed by atoms with Gasteiger partial charge in [0, 0.05) is 32.1 Å².